The van der Waals surface area contributed by atoms with Gasteiger partial charge in [-0.2, -0.15) is 10.5 Å². The van der Waals surface area contributed by atoms with E-state index in [4.69, 9.17) is 40.5 Å². The number of halogens is 1. The zero-order valence-electron chi connectivity index (χ0n) is 38.4. The number of amides is 3. The summed E-state index contributed by atoms with van der Waals surface area (Å²) in [5.41, 5.74) is 1.94. The lowest BCUT2D eigenvalue weighted by Crippen LogP contribution is -2.53. The Morgan fingerprint density at radius 3 is 2.14 bits per heavy atom. The predicted molar refractivity (Wildman–Crippen MR) is 253 cm³/mol. The molecule has 2 aromatic carbocycles. The van der Waals surface area contributed by atoms with E-state index >= 15 is 0 Å². The summed E-state index contributed by atoms with van der Waals surface area (Å²) in [5, 5.41) is 30.2. The van der Waals surface area contributed by atoms with E-state index in [2.05, 4.69) is 27.7 Å². The van der Waals surface area contributed by atoms with Gasteiger partial charge in [0.25, 0.3) is 0 Å². The number of anilines is 1. The molecule has 2 N–H and O–H groups in total. The van der Waals surface area contributed by atoms with Crippen LogP contribution in [0.15, 0.2) is 58.9 Å². The van der Waals surface area contributed by atoms with Crippen LogP contribution in [0.5, 0.6) is 5.75 Å². The summed E-state index contributed by atoms with van der Waals surface area (Å²) in [6.07, 6.45) is 0.389. The number of aromatic nitrogens is 2. The van der Waals surface area contributed by atoms with E-state index in [1.807, 2.05) is 29.6 Å². The van der Waals surface area contributed by atoms with Crippen molar-refractivity contribution in [2.45, 2.75) is 102 Å². The van der Waals surface area contributed by atoms with Gasteiger partial charge in [-0.25, -0.2) is 24.4 Å². The van der Waals surface area contributed by atoms with Crippen molar-refractivity contribution in [2.24, 2.45) is 0 Å². The molecule has 0 unspecified atom stereocenters. The van der Waals surface area contributed by atoms with Crippen LogP contribution in [-0.4, -0.2) is 102 Å². The van der Waals surface area contributed by atoms with Crippen LogP contribution in [0.2, 0.25) is 5.02 Å². The van der Waals surface area contributed by atoms with Crippen molar-refractivity contribution >= 4 is 64.6 Å². The predicted octanol–water partition coefficient (Wildman–Crippen LogP) is 8.74. The summed E-state index contributed by atoms with van der Waals surface area (Å²) in [4.78, 5) is 64.5. The minimum absolute atomic E-state index is 0.0190. The van der Waals surface area contributed by atoms with Crippen LogP contribution in [0, 0.1) is 22.7 Å². The number of benzene rings is 2. The Balaban J connectivity index is 1.22. The second-order valence-corrected chi connectivity index (χ2v) is 19.6. The SMILES string of the molecule is C[C@@H](C(=O)OCCOc1ccc(-c2c(C#N)c(SCc3csc(-c4ccc(Cl)cc4)n3)nc(N3CCCC3)c2C#N)cc1)N(C)C(=O)[C@H](CCNC(=O)OC(C)(C)C)NC(=O)OC(C)(C)C. The summed E-state index contributed by atoms with van der Waals surface area (Å²) >= 11 is 9.00. The number of nitriles is 2. The van der Waals surface area contributed by atoms with E-state index in [9.17, 15) is 29.7 Å². The van der Waals surface area contributed by atoms with Gasteiger partial charge >= 0.3 is 18.2 Å². The molecule has 2 atom stereocenters. The highest BCUT2D eigenvalue weighted by atomic mass is 35.5. The lowest BCUT2D eigenvalue weighted by atomic mass is 9.96. The topological polar surface area (TPSA) is 209 Å². The lowest BCUT2D eigenvalue weighted by Gasteiger charge is -2.29. The van der Waals surface area contributed by atoms with Gasteiger partial charge in [-0.3, -0.25) is 4.79 Å². The van der Waals surface area contributed by atoms with Gasteiger partial charge in [-0.15, -0.1) is 11.3 Å². The minimum Gasteiger partial charge on any atom is -0.490 e. The molecule has 66 heavy (non-hydrogen) atoms. The number of carbonyl (C=O) groups excluding carboxylic acids is 4. The van der Waals surface area contributed by atoms with Crippen LogP contribution in [0.4, 0.5) is 15.4 Å². The number of nitrogens with one attached hydrogen (secondary N) is 2. The first-order valence-corrected chi connectivity index (χ1v) is 23.6. The van der Waals surface area contributed by atoms with Crippen LogP contribution in [0.3, 0.4) is 0 Å². The third-order valence-electron chi connectivity index (χ3n) is 9.87. The molecule has 2 aromatic heterocycles. The summed E-state index contributed by atoms with van der Waals surface area (Å²) < 4.78 is 21.9. The molecule has 1 aliphatic rings. The first-order chi connectivity index (χ1) is 31.3. The number of esters is 1. The monoisotopic (exact) mass is 958 g/mol. The van der Waals surface area contributed by atoms with E-state index in [1.54, 1.807) is 65.8 Å². The van der Waals surface area contributed by atoms with Crippen LogP contribution < -0.4 is 20.3 Å². The zero-order valence-corrected chi connectivity index (χ0v) is 40.7. The summed E-state index contributed by atoms with van der Waals surface area (Å²) in [7, 11) is 1.41. The van der Waals surface area contributed by atoms with Crippen molar-refractivity contribution in [2.75, 3.05) is 44.8 Å². The molecule has 0 radical (unpaired) electrons. The summed E-state index contributed by atoms with van der Waals surface area (Å²) in [6, 6.07) is 16.9. The van der Waals surface area contributed by atoms with Crippen molar-refractivity contribution in [1.29, 1.82) is 10.5 Å². The third kappa shape index (κ3) is 14.5. The molecule has 5 rings (SSSR count). The fourth-order valence-electron chi connectivity index (χ4n) is 6.63. The Labute approximate surface area is 398 Å². The van der Waals surface area contributed by atoms with Crippen molar-refractivity contribution in [1.82, 2.24) is 25.5 Å². The summed E-state index contributed by atoms with van der Waals surface area (Å²) in [6.45, 7) is 13.0. The molecule has 0 saturated carbocycles. The highest BCUT2D eigenvalue weighted by Crippen LogP contribution is 2.40. The maximum Gasteiger partial charge on any atom is 0.408 e. The van der Waals surface area contributed by atoms with Crippen molar-refractivity contribution in [3.05, 3.63) is 75.8 Å². The van der Waals surface area contributed by atoms with Gasteiger partial charge in [0.1, 0.15) is 75.8 Å². The summed E-state index contributed by atoms with van der Waals surface area (Å²) in [5.74, 6) is 0.132. The molecule has 3 heterocycles. The minimum atomic E-state index is -1.16. The van der Waals surface area contributed by atoms with Crippen molar-refractivity contribution in [3.63, 3.8) is 0 Å². The van der Waals surface area contributed by atoms with E-state index in [-0.39, 0.29) is 31.7 Å². The highest BCUT2D eigenvalue weighted by molar-refractivity contribution is 7.98. The molecule has 4 aromatic rings. The van der Waals surface area contributed by atoms with Crippen LogP contribution in [0.25, 0.3) is 21.7 Å². The number of rotatable bonds is 17. The standard InChI is InChI=1S/C47H55ClN8O8S2/c1-29(55(8)42(57)37(53-45(60)64-47(5,6)7)19-20-51-44(59)63-46(2,3)4)43(58)62-24-23-61-34-17-13-30(14-18-34)38-35(25-49)39(56-21-9-10-22-56)54-41(36(38)26-50)66-28-33-27-65-40(52-33)31-11-15-32(48)16-12-31/h11-18,27,29,37H,9-10,19-24,28H2,1-8H3,(H,51,59)(H,53,60)/t29-,37-/m0/s1. The number of alkyl carbamates (subject to hydrolysis) is 2. The Bertz CT molecular complexity index is 2430. The first-order valence-electron chi connectivity index (χ1n) is 21.4. The van der Waals surface area contributed by atoms with E-state index in [0.717, 1.165) is 47.1 Å². The average molecular weight is 960 g/mol. The maximum absolute atomic E-state index is 13.6. The van der Waals surface area contributed by atoms with Crippen LogP contribution in [0.1, 0.15) is 84.5 Å². The first kappa shape index (κ1) is 50.9. The number of pyridine rings is 1. The normalized spacial score (nSPS) is 13.4. The van der Waals surface area contributed by atoms with Gasteiger partial charge in [-0.05, 0) is 97.6 Å². The van der Waals surface area contributed by atoms with E-state index in [1.165, 1.54) is 37.1 Å². The number of hydrogen-bond acceptors (Lipinski definition) is 15. The fraction of sp³-hybridized carbons (Fsp3) is 0.447. The van der Waals surface area contributed by atoms with Crippen molar-refractivity contribution in [3.8, 4) is 39.6 Å². The molecule has 350 valence electrons. The molecule has 1 saturated heterocycles. The quantitative estimate of drug-likeness (QED) is 0.0439. The van der Waals surface area contributed by atoms with Gasteiger partial charge < -0.3 is 39.4 Å². The molecule has 19 heteroatoms. The molecular weight excluding hydrogens is 904 g/mol. The molecule has 1 aliphatic heterocycles. The largest absolute Gasteiger partial charge is 0.490 e. The average Bonchev–Trinajstić information content (AvgIpc) is 3.98. The number of ether oxygens (including phenoxy) is 4. The Hall–Kier alpha value is -6.08. The van der Waals surface area contributed by atoms with Gasteiger partial charge in [0.2, 0.25) is 5.91 Å². The maximum atomic E-state index is 13.6. The number of hydrogen-bond donors (Lipinski definition) is 2. The second kappa shape index (κ2) is 22.9. The van der Waals surface area contributed by atoms with Crippen LogP contribution >= 0.6 is 34.7 Å². The number of likely N-dealkylation sites (N-methyl/N-ethyl adjacent to an activating group) is 1. The number of nitrogens with zero attached hydrogens (tertiary/aromatic N) is 6. The smallest absolute Gasteiger partial charge is 0.408 e. The molecule has 0 aliphatic carbocycles. The highest BCUT2D eigenvalue weighted by Gasteiger charge is 2.32. The lowest BCUT2D eigenvalue weighted by molar-refractivity contribution is -0.154. The van der Waals surface area contributed by atoms with Crippen LogP contribution in [-0.2, 0) is 29.6 Å². The molecule has 0 bridgehead atoms. The Morgan fingerprint density at radius 1 is 0.894 bits per heavy atom. The van der Waals surface area contributed by atoms with Gasteiger partial charge in [0.15, 0.2) is 0 Å². The van der Waals surface area contributed by atoms with Gasteiger partial charge in [0, 0.05) is 54.0 Å². The molecule has 16 nitrogen and oxygen atoms in total. The van der Waals surface area contributed by atoms with Crippen molar-refractivity contribution < 1.29 is 38.1 Å². The Kier molecular flexibility index (Phi) is 17.7. The Morgan fingerprint density at radius 2 is 1.52 bits per heavy atom. The van der Waals surface area contributed by atoms with E-state index in [0.29, 0.717) is 44.1 Å². The number of thioether (sulfide) groups is 1. The zero-order chi connectivity index (χ0) is 48.2. The molecule has 0 spiro atoms. The fourth-order valence-corrected chi connectivity index (χ4v) is 8.56. The third-order valence-corrected chi connectivity index (χ3v) is 12.1. The van der Waals surface area contributed by atoms with E-state index < -0.39 is 47.3 Å². The number of thiazole rings is 1. The molecular formula is C47H55ClN8O8S2. The molecule has 1 fully saturated rings. The molecule has 3 amide bonds. The van der Waals surface area contributed by atoms with Gasteiger partial charge in [0.05, 0.1) is 11.3 Å². The number of carbonyl (C=O) groups is 4. The van der Waals surface area contributed by atoms with Gasteiger partial charge in [-0.1, -0.05) is 47.6 Å². The second-order valence-electron chi connectivity index (χ2n) is 17.3.